The Bertz CT molecular complexity index is 640. The van der Waals surface area contributed by atoms with E-state index in [0.29, 0.717) is 10.2 Å². The van der Waals surface area contributed by atoms with Crippen LogP contribution in [-0.2, 0) is 0 Å². The molecular formula is C15H13BrFNO. The van der Waals surface area contributed by atoms with Gasteiger partial charge in [0.1, 0.15) is 5.82 Å². The summed E-state index contributed by atoms with van der Waals surface area (Å²) in [5.74, 6) is -0.990. The smallest absolute Gasteiger partial charge is 0.258 e. The normalized spacial score (nSPS) is 10.3. The minimum atomic E-state index is -0.544. The molecule has 0 saturated carbocycles. The van der Waals surface area contributed by atoms with Crippen LogP contribution in [0.3, 0.4) is 0 Å². The molecule has 0 aliphatic carbocycles. The van der Waals surface area contributed by atoms with Crippen molar-refractivity contribution in [2.45, 2.75) is 13.8 Å². The Morgan fingerprint density at radius 2 is 1.89 bits per heavy atom. The number of carbonyl (C=O) groups is 1. The molecule has 0 atom stereocenters. The summed E-state index contributed by atoms with van der Waals surface area (Å²) in [7, 11) is 0. The summed E-state index contributed by atoms with van der Waals surface area (Å²) in [5, 5.41) is 2.73. The highest BCUT2D eigenvalue weighted by Gasteiger charge is 2.13. The number of hydrogen-bond acceptors (Lipinski definition) is 1. The monoisotopic (exact) mass is 321 g/mol. The molecule has 98 valence electrons. The molecule has 0 aromatic heterocycles. The number of carbonyl (C=O) groups excluding carboxylic acids is 1. The summed E-state index contributed by atoms with van der Waals surface area (Å²) in [4.78, 5) is 12.0. The fraction of sp³-hybridized carbons (Fsp3) is 0.133. The summed E-state index contributed by atoms with van der Waals surface area (Å²) < 4.78 is 14.3. The van der Waals surface area contributed by atoms with Gasteiger partial charge in [0, 0.05) is 10.2 Å². The number of nitrogens with one attached hydrogen (secondary N) is 1. The summed E-state index contributed by atoms with van der Waals surface area (Å²) in [6.07, 6.45) is 0. The summed E-state index contributed by atoms with van der Waals surface area (Å²) in [6.45, 7) is 3.84. The lowest BCUT2D eigenvalue weighted by Gasteiger charge is -2.10. The highest BCUT2D eigenvalue weighted by Crippen LogP contribution is 2.20. The summed E-state index contributed by atoms with van der Waals surface area (Å²) in [6, 6.07) is 10.1. The highest BCUT2D eigenvalue weighted by atomic mass is 79.9. The first-order valence-electron chi connectivity index (χ1n) is 5.81. The molecule has 2 aromatic rings. The minimum absolute atomic E-state index is 0.0316. The first kappa shape index (κ1) is 13.7. The average Bonchev–Trinajstić information content (AvgIpc) is 2.33. The van der Waals surface area contributed by atoms with Crippen LogP contribution in [0.15, 0.2) is 40.9 Å². The molecule has 19 heavy (non-hydrogen) atoms. The first-order chi connectivity index (χ1) is 8.97. The van der Waals surface area contributed by atoms with E-state index >= 15 is 0 Å². The SMILES string of the molecule is Cc1ccc(C)c(NC(=O)c2ccc(Br)cc2F)c1. The quantitative estimate of drug-likeness (QED) is 0.869. The molecule has 1 N–H and O–H groups in total. The van der Waals surface area contributed by atoms with Crippen molar-refractivity contribution in [3.63, 3.8) is 0 Å². The van der Waals surface area contributed by atoms with Gasteiger partial charge in [-0.15, -0.1) is 0 Å². The van der Waals surface area contributed by atoms with Crippen LogP contribution < -0.4 is 5.32 Å². The van der Waals surface area contributed by atoms with Crippen molar-refractivity contribution in [3.8, 4) is 0 Å². The van der Waals surface area contributed by atoms with Crippen LogP contribution in [0.5, 0.6) is 0 Å². The zero-order valence-electron chi connectivity index (χ0n) is 10.6. The molecule has 0 fully saturated rings. The van der Waals surface area contributed by atoms with Gasteiger partial charge >= 0.3 is 0 Å². The van der Waals surface area contributed by atoms with Gasteiger partial charge in [-0.25, -0.2) is 4.39 Å². The van der Waals surface area contributed by atoms with Crippen molar-refractivity contribution in [2.24, 2.45) is 0 Å². The van der Waals surface area contributed by atoms with Gasteiger partial charge in [0.15, 0.2) is 0 Å². The largest absolute Gasteiger partial charge is 0.322 e. The van der Waals surface area contributed by atoms with Crippen molar-refractivity contribution in [2.75, 3.05) is 5.32 Å². The molecule has 4 heteroatoms. The van der Waals surface area contributed by atoms with Crippen LogP contribution >= 0.6 is 15.9 Å². The van der Waals surface area contributed by atoms with Crippen molar-refractivity contribution in [3.05, 3.63) is 63.4 Å². The second kappa shape index (κ2) is 5.53. The molecule has 0 unspecified atom stereocenters. The van der Waals surface area contributed by atoms with Gasteiger partial charge in [-0.1, -0.05) is 28.1 Å². The minimum Gasteiger partial charge on any atom is -0.322 e. The standard InChI is InChI=1S/C15H13BrFNO/c1-9-3-4-10(2)14(7-9)18-15(19)12-6-5-11(16)8-13(12)17/h3-8H,1-2H3,(H,18,19). The second-order valence-corrected chi connectivity index (χ2v) is 5.31. The molecule has 0 bridgehead atoms. The molecule has 1 amide bonds. The van der Waals surface area contributed by atoms with E-state index in [2.05, 4.69) is 21.2 Å². The van der Waals surface area contributed by atoms with E-state index in [-0.39, 0.29) is 5.56 Å². The van der Waals surface area contributed by atoms with Crippen molar-refractivity contribution in [1.29, 1.82) is 0 Å². The van der Waals surface area contributed by atoms with Gasteiger partial charge in [0.2, 0.25) is 0 Å². The van der Waals surface area contributed by atoms with E-state index in [1.165, 1.54) is 12.1 Å². The van der Waals surface area contributed by atoms with Gasteiger partial charge in [-0.2, -0.15) is 0 Å². The number of halogens is 2. The molecule has 0 heterocycles. The van der Waals surface area contributed by atoms with E-state index in [4.69, 9.17) is 0 Å². The molecule has 2 aromatic carbocycles. The van der Waals surface area contributed by atoms with Crippen molar-refractivity contribution in [1.82, 2.24) is 0 Å². The Balaban J connectivity index is 2.28. The average molecular weight is 322 g/mol. The van der Waals surface area contributed by atoms with E-state index < -0.39 is 11.7 Å². The Kier molecular flexibility index (Phi) is 4.00. The zero-order chi connectivity index (χ0) is 14.0. The van der Waals surface area contributed by atoms with Crippen molar-refractivity contribution < 1.29 is 9.18 Å². The molecule has 2 rings (SSSR count). The van der Waals surface area contributed by atoms with Crippen LogP contribution in [-0.4, -0.2) is 5.91 Å². The van der Waals surface area contributed by atoms with Gasteiger partial charge in [-0.05, 0) is 49.2 Å². The second-order valence-electron chi connectivity index (χ2n) is 4.40. The molecule has 0 radical (unpaired) electrons. The van der Waals surface area contributed by atoms with E-state index in [1.54, 1.807) is 6.07 Å². The zero-order valence-corrected chi connectivity index (χ0v) is 12.2. The third-order valence-corrected chi connectivity index (χ3v) is 3.31. The molecule has 0 spiro atoms. The fourth-order valence-electron chi connectivity index (χ4n) is 1.73. The predicted octanol–water partition coefficient (Wildman–Crippen LogP) is 4.46. The van der Waals surface area contributed by atoms with Gasteiger partial charge in [-0.3, -0.25) is 4.79 Å². The molecular weight excluding hydrogens is 309 g/mol. The van der Waals surface area contributed by atoms with Crippen LogP contribution in [0.4, 0.5) is 10.1 Å². The molecule has 0 aliphatic heterocycles. The lowest BCUT2D eigenvalue weighted by Crippen LogP contribution is -2.14. The molecule has 0 saturated heterocycles. The van der Waals surface area contributed by atoms with Crippen LogP contribution in [0.25, 0.3) is 0 Å². The number of aryl methyl sites for hydroxylation is 2. The summed E-state index contributed by atoms with van der Waals surface area (Å²) in [5.41, 5.74) is 2.71. The van der Waals surface area contributed by atoms with Crippen LogP contribution in [0, 0.1) is 19.7 Å². The number of anilines is 1. The maximum absolute atomic E-state index is 13.7. The first-order valence-corrected chi connectivity index (χ1v) is 6.60. The number of benzene rings is 2. The van der Waals surface area contributed by atoms with Crippen molar-refractivity contribution >= 4 is 27.5 Å². The van der Waals surface area contributed by atoms with E-state index in [0.717, 1.165) is 11.1 Å². The third-order valence-electron chi connectivity index (χ3n) is 2.82. The lowest BCUT2D eigenvalue weighted by atomic mass is 10.1. The van der Waals surface area contributed by atoms with Crippen LogP contribution in [0.2, 0.25) is 0 Å². The Hall–Kier alpha value is -1.68. The van der Waals surface area contributed by atoms with E-state index in [1.807, 2.05) is 32.0 Å². The number of hydrogen-bond donors (Lipinski definition) is 1. The van der Waals surface area contributed by atoms with Gasteiger partial charge in [0.25, 0.3) is 5.91 Å². The Labute approximate surface area is 119 Å². The number of amides is 1. The Morgan fingerprint density at radius 3 is 2.58 bits per heavy atom. The van der Waals surface area contributed by atoms with Crippen LogP contribution in [0.1, 0.15) is 21.5 Å². The molecule has 0 aliphatic rings. The van der Waals surface area contributed by atoms with E-state index in [9.17, 15) is 9.18 Å². The predicted molar refractivity (Wildman–Crippen MR) is 78.0 cm³/mol. The summed E-state index contributed by atoms with van der Waals surface area (Å²) >= 11 is 3.16. The third kappa shape index (κ3) is 3.20. The highest BCUT2D eigenvalue weighted by molar-refractivity contribution is 9.10. The maximum atomic E-state index is 13.7. The van der Waals surface area contributed by atoms with Gasteiger partial charge < -0.3 is 5.32 Å². The fourth-order valence-corrected chi connectivity index (χ4v) is 2.07. The van der Waals surface area contributed by atoms with Gasteiger partial charge in [0.05, 0.1) is 5.56 Å². The maximum Gasteiger partial charge on any atom is 0.258 e. The topological polar surface area (TPSA) is 29.1 Å². The number of rotatable bonds is 2. The Morgan fingerprint density at radius 1 is 1.16 bits per heavy atom. The lowest BCUT2D eigenvalue weighted by molar-refractivity contribution is 0.102. The molecule has 2 nitrogen and oxygen atoms in total.